The van der Waals surface area contributed by atoms with E-state index in [1.165, 1.54) is 13.1 Å². The molecule has 4 heteroatoms. The first kappa shape index (κ1) is 16.5. The van der Waals surface area contributed by atoms with E-state index in [2.05, 4.69) is 121 Å². The van der Waals surface area contributed by atoms with Crippen molar-refractivity contribution in [1.29, 1.82) is 0 Å². The van der Waals surface area contributed by atoms with Gasteiger partial charge in [-0.3, -0.25) is 0 Å². The van der Waals surface area contributed by atoms with Crippen molar-refractivity contribution in [3.63, 3.8) is 0 Å². The van der Waals surface area contributed by atoms with Crippen LogP contribution in [0.1, 0.15) is 0 Å². The summed E-state index contributed by atoms with van der Waals surface area (Å²) < 4.78 is 7.66. The molecule has 0 heterocycles. The average Bonchev–Trinajstić information content (AvgIpc) is 2.53. The Morgan fingerprint density at radius 1 is 0.409 bits per heavy atom. The third-order valence-corrected chi connectivity index (χ3v) is 9.97. The molecule has 110 valence electrons. The molecule has 0 aromatic heterocycles. The summed E-state index contributed by atoms with van der Waals surface area (Å²) in [6, 6.07) is 26.3. The fourth-order valence-electron chi connectivity index (χ4n) is 2.22. The zero-order chi connectivity index (χ0) is 15.5. The molecule has 0 aliphatic carbocycles. The Bertz CT molecular complexity index is 642. The predicted molar refractivity (Wildman–Crippen MR) is 107 cm³/mol. The SMILES string of the molecule is Brc1ccc([As](c2ccc(Br)cc2)c2ccc(Br)cc2)cc1. The van der Waals surface area contributed by atoms with Crippen LogP contribution in [-0.2, 0) is 0 Å². The molecule has 0 aliphatic heterocycles. The third-order valence-electron chi connectivity index (χ3n) is 3.25. The van der Waals surface area contributed by atoms with Gasteiger partial charge in [0.25, 0.3) is 0 Å². The Morgan fingerprint density at radius 3 is 0.864 bits per heavy atom. The van der Waals surface area contributed by atoms with Gasteiger partial charge in [-0.05, 0) is 0 Å². The van der Waals surface area contributed by atoms with Gasteiger partial charge in [-0.1, -0.05) is 0 Å². The van der Waals surface area contributed by atoms with Crippen LogP contribution in [0.15, 0.2) is 86.2 Å². The summed E-state index contributed by atoms with van der Waals surface area (Å²) in [6.07, 6.45) is 0. The molecule has 0 spiro atoms. The van der Waals surface area contributed by atoms with E-state index in [4.69, 9.17) is 0 Å². The van der Waals surface area contributed by atoms with E-state index in [-0.39, 0.29) is 0 Å². The monoisotopic (exact) mass is 540 g/mol. The first-order valence-corrected chi connectivity index (χ1v) is 11.9. The quantitative estimate of drug-likeness (QED) is 0.428. The molecule has 3 rings (SSSR count). The summed E-state index contributed by atoms with van der Waals surface area (Å²) in [6.45, 7) is 0. The summed E-state index contributed by atoms with van der Waals surface area (Å²) >= 11 is 9.07. The third kappa shape index (κ3) is 3.94. The minimum absolute atomic E-state index is 1.12. The topological polar surface area (TPSA) is 0 Å². The number of halogens is 3. The van der Waals surface area contributed by atoms with Crippen molar-refractivity contribution in [2.75, 3.05) is 0 Å². The molecule has 3 aromatic carbocycles. The Kier molecular flexibility index (Phi) is 5.62. The molecule has 0 saturated carbocycles. The molecular weight excluding hydrogens is 531 g/mol. The number of rotatable bonds is 3. The number of hydrogen-bond donors (Lipinski definition) is 0. The second-order valence-electron chi connectivity index (χ2n) is 4.76. The number of benzene rings is 3. The Labute approximate surface area is 160 Å². The van der Waals surface area contributed by atoms with Crippen LogP contribution in [-0.4, -0.2) is 14.7 Å². The van der Waals surface area contributed by atoms with Gasteiger partial charge in [0.05, 0.1) is 0 Å². The maximum absolute atomic E-state index is 3.53. The molecule has 3 aromatic rings. The standard InChI is InChI=1S/C18H12AsBr3/c20-16-7-1-13(2-8-16)19(14-3-9-17(21)10-4-14)15-5-11-18(22)12-6-15/h1-12H. The van der Waals surface area contributed by atoms with Gasteiger partial charge in [-0.2, -0.15) is 0 Å². The molecule has 0 N–H and O–H groups in total. The second kappa shape index (κ2) is 7.49. The van der Waals surface area contributed by atoms with Gasteiger partial charge in [-0.15, -0.1) is 0 Å². The summed E-state index contributed by atoms with van der Waals surface area (Å²) in [4.78, 5) is 0. The van der Waals surface area contributed by atoms with Crippen LogP contribution in [0.25, 0.3) is 0 Å². The van der Waals surface area contributed by atoms with Gasteiger partial charge in [0, 0.05) is 0 Å². The molecule has 0 atom stereocenters. The number of hydrogen-bond acceptors (Lipinski definition) is 0. The zero-order valence-electron chi connectivity index (χ0n) is 11.5. The van der Waals surface area contributed by atoms with Crippen molar-refractivity contribution < 1.29 is 0 Å². The Hall–Kier alpha value is -0.342. The van der Waals surface area contributed by atoms with Crippen LogP contribution in [0.2, 0.25) is 0 Å². The van der Waals surface area contributed by atoms with Gasteiger partial charge in [0.15, 0.2) is 0 Å². The van der Waals surface area contributed by atoms with Crippen molar-refractivity contribution in [1.82, 2.24) is 0 Å². The van der Waals surface area contributed by atoms with E-state index >= 15 is 0 Å². The molecule has 0 aliphatic rings. The van der Waals surface area contributed by atoms with Crippen LogP contribution in [0.4, 0.5) is 0 Å². The van der Waals surface area contributed by atoms with Crippen LogP contribution in [0, 0.1) is 0 Å². The molecule has 0 radical (unpaired) electrons. The fraction of sp³-hybridized carbons (Fsp3) is 0. The molecule has 0 fully saturated rings. The van der Waals surface area contributed by atoms with Gasteiger partial charge in [0.2, 0.25) is 0 Å². The Morgan fingerprint density at radius 2 is 0.636 bits per heavy atom. The molecule has 0 amide bonds. The maximum atomic E-state index is 3.53. The van der Waals surface area contributed by atoms with Crippen molar-refractivity contribution in [3.05, 3.63) is 86.2 Å². The van der Waals surface area contributed by atoms with Crippen LogP contribution in [0.3, 0.4) is 0 Å². The van der Waals surface area contributed by atoms with E-state index in [0.29, 0.717) is 0 Å². The molecule has 0 bridgehead atoms. The van der Waals surface area contributed by atoms with Crippen molar-refractivity contribution in [2.45, 2.75) is 0 Å². The normalized spacial score (nSPS) is 10.9. The summed E-state index contributed by atoms with van der Waals surface area (Å²) in [7, 11) is 0. The van der Waals surface area contributed by atoms with Gasteiger partial charge in [0.1, 0.15) is 0 Å². The van der Waals surface area contributed by atoms with E-state index < -0.39 is 14.7 Å². The van der Waals surface area contributed by atoms with Crippen LogP contribution >= 0.6 is 47.8 Å². The van der Waals surface area contributed by atoms with E-state index in [0.717, 1.165) is 13.4 Å². The van der Waals surface area contributed by atoms with Crippen LogP contribution in [0.5, 0.6) is 0 Å². The summed E-state index contributed by atoms with van der Waals surface area (Å²) in [5.74, 6) is 0. The van der Waals surface area contributed by atoms with Crippen LogP contribution < -0.4 is 13.1 Å². The van der Waals surface area contributed by atoms with Crippen molar-refractivity contribution in [3.8, 4) is 0 Å². The first-order valence-electron chi connectivity index (χ1n) is 6.70. The Balaban J connectivity index is 2.10. The van der Waals surface area contributed by atoms with Gasteiger partial charge < -0.3 is 0 Å². The van der Waals surface area contributed by atoms with Crippen molar-refractivity contribution >= 4 is 75.5 Å². The first-order chi connectivity index (χ1) is 10.6. The van der Waals surface area contributed by atoms with E-state index in [9.17, 15) is 0 Å². The average molecular weight is 543 g/mol. The van der Waals surface area contributed by atoms with Gasteiger partial charge >= 0.3 is 162 Å². The zero-order valence-corrected chi connectivity index (χ0v) is 18.1. The summed E-state index contributed by atoms with van der Waals surface area (Å²) in [5, 5.41) is 0. The summed E-state index contributed by atoms with van der Waals surface area (Å²) in [5.41, 5.74) is 0. The fourth-order valence-corrected chi connectivity index (χ4v) is 7.70. The molecule has 0 unspecified atom stereocenters. The molecular formula is C18H12AsBr3. The second-order valence-corrected chi connectivity index (χ2v) is 12.2. The predicted octanol–water partition coefficient (Wildman–Crippen LogP) is 4.49. The molecule has 22 heavy (non-hydrogen) atoms. The van der Waals surface area contributed by atoms with Gasteiger partial charge in [-0.25, -0.2) is 0 Å². The van der Waals surface area contributed by atoms with E-state index in [1.54, 1.807) is 0 Å². The van der Waals surface area contributed by atoms with Crippen molar-refractivity contribution in [2.24, 2.45) is 0 Å². The molecule has 0 nitrogen and oxygen atoms in total. The molecule has 0 saturated heterocycles. The minimum atomic E-state index is -1.52. The van der Waals surface area contributed by atoms with E-state index in [1.807, 2.05) is 0 Å².